The minimum atomic E-state index is -1.06. The van der Waals surface area contributed by atoms with Gasteiger partial charge in [0, 0.05) is 32.5 Å². The number of amides is 2. The second-order valence-electron chi connectivity index (χ2n) is 5.45. The number of carboxylic acid groups (broad SMARTS) is 1. The lowest BCUT2D eigenvalue weighted by atomic mass is 9.93. The summed E-state index contributed by atoms with van der Waals surface area (Å²) in [6, 6.07) is 3.47. The fraction of sp³-hybridized carbons (Fsp3) is 0.533. The lowest BCUT2D eigenvalue weighted by molar-refractivity contribution is -0.148. The summed E-state index contributed by atoms with van der Waals surface area (Å²) < 4.78 is 0. The molecule has 2 heterocycles. The Kier molecular flexibility index (Phi) is 4.45. The molecule has 0 bridgehead atoms. The Bertz CT molecular complexity index is 520. The largest absolute Gasteiger partial charge is 0.479 e. The minimum Gasteiger partial charge on any atom is -0.479 e. The topological polar surface area (TPSA) is 73.7 Å². The Labute approximate surface area is 124 Å². The molecule has 2 rings (SSSR count). The zero-order valence-corrected chi connectivity index (χ0v) is 12.5. The molecule has 1 saturated heterocycles. The number of hydrogen-bond donors (Lipinski definition) is 1. The van der Waals surface area contributed by atoms with Gasteiger partial charge in [-0.3, -0.25) is 4.98 Å². The number of likely N-dealkylation sites (tertiary alicyclic amines) is 1. The summed E-state index contributed by atoms with van der Waals surface area (Å²) in [4.78, 5) is 31.3. The number of aliphatic carboxylic acids is 1. The van der Waals surface area contributed by atoms with Crippen LogP contribution >= 0.6 is 0 Å². The van der Waals surface area contributed by atoms with Crippen molar-refractivity contribution in [1.82, 2.24) is 14.8 Å². The van der Waals surface area contributed by atoms with E-state index in [9.17, 15) is 14.7 Å². The van der Waals surface area contributed by atoms with Crippen molar-refractivity contribution in [1.29, 1.82) is 0 Å². The van der Waals surface area contributed by atoms with E-state index in [4.69, 9.17) is 0 Å². The predicted octanol–water partition coefficient (Wildman–Crippen LogP) is 1.96. The zero-order chi connectivity index (χ0) is 15.5. The summed E-state index contributed by atoms with van der Waals surface area (Å²) in [6.45, 7) is 2.74. The number of nitrogens with zero attached hydrogens (tertiary/aromatic N) is 3. The predicted molar refractivity (Wildman–Crippen MR) is 77.7 cm³/mol. The van der Waals surface area contributed by atoms with Crippen LogP contribution in [0.2, 0.25) is 0 Å². The van der Waals surface area contributed by atoms with Crippen molar-refractivity contribution >= 4 is 12.0 Å². The molecule has 0 aromatic carbocycles. The van der Waals surface area contributed by atoms with E-state index in [-0.39, 0.29) is 6.03 Å². The van der Waals surface area contributed by atoms with Gasteiger partial charge in [-0.15, -0.1) is 0 Å². The first-order valence-corrected chi connectivity index (χ1v) is 7.16. The van der Waals surface area contributed by atoms with Crippen molar-refractivity contribution in [3.8, 4) is 0 Å². The maximum atomic E-state index is 12.6. The van der Waals surface area contributed by atoms with Gasteiger partial charge in [0.1, 0.15) is 5.54 Å². The lowest BCUT2D eigenvalue weighted by Gasteiger charge is -2.36. The average Bonchev–Trinajstić information content (AvgIpc) is 2.92. The zero-order valence-electron chi connectivity index (χ0n) is 12.5. The van der Waals surface area contributed by atoms with E-state index >= 15 is 0 Å². The molecule has 114 valence electrons. The normalized spacial score (nSPS) is 21.3. The van der Waals surface area contributed by atoms with Crippen LogP contribution in [-0.4, -0.2) is 51.0 Å². The van der Waals surface area contributed by atoms with Crippen LogP contribution < -0.4 is 0 Å². The third kappa shape index (κ3) is 2.84. The molecule has 1 aromatic rings. The first kappa shape index (κ1) is 15.3. The van der Waals surface area contributed by atoms with E-state index < -0.39 is 11.5 Å². The van der Waals surface area contributed by atoms with Gasteiger partial charge in [-0.25, -0.2) is 9.59 Å². The quantitative estimate of drug-likeness (QED) is 0.920. The molecule has 0 aliphatic carbocycles. The summed E-state index contributed by atoms with van der Waals surface area (Å²) in [5.74, 6) is -0.911. The molecule has 1 aliphatic rings. The standard InChI is InChI=1S/C15H21N3O3/c1-3-15(13(19)20)7-5-9-18(15)14(21)17(2)11-12-6-4-8-16-10-12/h4,6,8,10H,3,5,7,9,11H2,1-2H3,(H,19,20). The van der Waals surface area contributed by atoms with E-state index in [0.717, 1.165) is 12.0 Å². The van der Waals surface area contributed by atoms with Gasteiger partial charge in [-0.2, -0.15) is 0 Å². The van der Waals surface area contributed by atoms with Gasteiger partial charge in [-0.1, -0.05) is 13.0 Å². The molecule has 2 amide bonds. The molecule has 6 nitrogen and oxygen atoms in total. The number of carbonyl (C=O) groups is 2. The summed E-state index contributed by atoms with van der Waals surface area (Å²) in [5.41, 5.74) is -0.134. The molecule has 0 saturated carbocycles. The molecule has 0 radical (unpaired) electrons. The number of urea groups is 1. The van der Waals surface area contributed by atoms with E-state index in [2.05, 4.69) is 4.98 Å². The summed E-state index contributed by atoms with van der Waals surface area (Å²) in [5, 5.41) is 9.53. The number of aromatic nitrogens is 1. The molecule has 0 spiro atoms. The van der Waals surface area contributed by atoms with Crippen molar-refractivity contribution in [3.63, 3.8) is 0 Å². The lowest BCUT2D eigenvalue weighted by Crippen LogP contribution is -2.55. The second kappa shape index (κ2) is 6.11. The highest BCUT2D eigenvalue weighted by Crippen LogP contribution is 2.33. The van der Waals surface area contributed by atoms with Crippen molar-refractivity contribution < 1.29 is 14.7 Å². The van der Waals surface area contributed by atoms with Gasteiger partial charge >= 0.3 is 12.0 Å². The van der Waals surface area contributed by atoms with Gasteiger partial charge in [0.2, 0.25) is 0 Å². The molecule has 1 aromatic heterocycles. The van der Waals surface area contributed by atoms with E-state index in [1.165, 1.54) is 4.90 Å². The van der Waals surface area contributed by atoms with Crippen molar-refractivity contribution in [2.45, 2.75) is 38.3 Å². The average molecular weight is 291 g/mol. The maximum Gasteiger partial charge on any atom is 0.329 e. The van der Waals surface area contributed by atoms with Crippen molar-refractivity contribution in [3.05, 3.63) is 30.1 Å². The first-order chi connectivity index (χ1) is 10.0. The molecule has 21 heavy (non-hydrogen) atoms. The molecular weight excluding hydrogens is 270 g/mol. The SMILES string of the molecule is CCC1(C(=O)O)CCCN1C(=O)N(C)Cc1cccnc1. The Hall–Kier alpha value is -2.11. The fourth-order valence-electron chi connectivity index (χ4n) is 2.94. The van der Waals surface area contributed by atoms with Gasteiger partial charge in [0.15, 0.2) is 0 Å². The highest BCUT2D eigenvalue weighted by molar-refractivity contribution is 5.87. The van der Waals surface area contributed by atoms with Crippen LogP contribution in [0.3, 0.4) is 0 Å². The maximum absolute atomic E-state index is 12.6. The molecule has 1 fully saturated rings. The van der Waals surface area contributed by atoms with Crippen molar-refractivity contribution in [2.75, 3.05) is 13.6 Å². The number of pyridine rings is 1. The number of carbonyl (C=O) groups excluding carboxylic acids is 1. The van der Waals surface area contributed by atoms with Crippen LogP contribution in [0, 0.1) is 0 Å². The Morgan fingerprint density at radius 3 is 2.86 bits per heavy atom. The number of carboxylic acids is 1. The summed E-state index contributed by atoms with van der Waals surface area (Å²) >= 11 is 0. The Balaban J connectivity index is 2.13. The molecule has 1 unspecified atom stereocenters. The molecular formula is C15H21N3O3. The smallest absolute Gasteiger partial charge is 0.329 e. The molecule has 1 N–H and O–H groups in total. The van der Waals surface area contributed by atoms with E-state index in [1.807, 2.05) is 19.1 Å². The molecule has 1 atom stereocenters. The van der Waals surface area contributed by atoms with Crippen LogP contribution in [0.1, 0.15) is 31.7 Å². The van der Waals surface area contributed by atoms with Gasteiger partial charge in [-0.05, 0) is 30.9 Å². The summed E-state index contributed by atoms with van der Waals surface area (Å²) in [7, 11) is 1.69. The van der Waals surface area contributed by atoms with Gasteiger partial charge in [0.05, 0.1) is 0 Å². The third-order valence-corrected chi connectivity index (χ3v) is 4.17. The van der Waals surface area contributed by atoms with Crippen LogP contribution in [0.5, 0.6) is 0 Å². The summed E-state index contributed by atoms with van der Waals surface area (Å²) in [6.07, 6.45) is 5.06. The van der Waals surface area contributed by atoms with Crippen LogP contribution in [-0.2, 0) is 11.3 Å². The van der Waals surface area contributed by atoms with E-state index in [1.54, 1.807) is 24.3 Å². The Morgan fingerprint density at radius 1 is 1.52 bits per heavy atom. The van der Waals surface area contributed by atoms with Crippen LogP contribution in [0.15, 0.2) is 24.5 Å². The van der Waals surface area contributed by atoms with Gasteiger partial charge < -0.3 is 14.9 Å². The number of hydrogen-bond acceptors (Lipinski definition) is 3. The van der Waals surface area contributed by atoms with E-state index in [0.29, 0.717) is 25.9 Å². The molecule has 1 aliphatic heterocycles. The third-order valence-electron chi connectivity index (χ3n) is 4.17. The molecule has 6 heteroatoms. The first-order valence-electron chi connectivity index (χ1n) is 7.16. The second-order valence-corrected chi connectivity index (χ2v) is 5.45. The van der Waals surface area contributed by atoms with Gasteiger partial charge in [0.25, 0.3) is 0 Å². The minimum absolute atomic E-state index is 0.236. The monoisotopic (exact) mass is 291 g/mol. The highest BCUT2D eigenvalue weighted by Gasteiger charge is 2.49. The highest BCUT2D eigenvalue weighted by atomic mass is 16.4. The van der Waals surface area contributed by atoms with Crippen LogP contribution in [0.25, 0.3) is 0 Å². The Morgan fingerprint density at radius 2 is 2.29 bits per heavy atom. The number of rotatable bonds is 4. The van der Waals surface area contributed by atoms with Crippen molar-refractivity contribution in [2.24, 2.45) is 0 Å². The van der Waals surface area contributed by atoms with Crippen LogP contribution in [0.4, 0.5) is 4.79 Å². The fourth-order valence-corrected chi connectivity index (χ4v) is 2.94.